The molecule has 1 N–H and O–H groups in total. The van der Waals surface area contributed by atoms with Crippen molar-refractivity contribution in [1.82, 2.24) is 14.8 Å². The second kappa shape index (κ2) is 11.0. The van der Waals surface area contributed by atoms with Crippen molar-refractivity contribution < 1.29 is 27.8 Å². The van der Waals surface area contributed by atoms with Crippen molar-refractivity contribution in [3.05, 3.63) is 71.2 Å². The summed E-state index contributed by atoms with van der Waals surface area (Å²) in [4.78, 5) is 14.8. The maximum atomic E-state index is 12.8. The van der Waals surface area contributed by atoms with Crippen LogP contribution in [0.25, 0.3) is 5.82 Å². The van der Waals surface area contributed by atoms with Gasteiger partial charge in [0.15, 0.2) is 5.82 Å². The standard InChI is InChI=1S/C24H26F3N3O3/c1-2-6-20-18(16-30(29-20)22-12-11-19(15-28-22)24(25,26)27)8-5-14-33-21-9-4-3-7-17(21)10-13-23(31)32/h3-4,7,9,11-12,15-16H,2,5-6,8,10,13-14H2,1H3,(H,31,32). The molecular formula is C24H26F3N3O3. The molecule has 2 aromatic heterocycles. The van der Waals surface area contributed by atoms with Gasteiger partial charge in [-0.15, -0.1) is 0 Å². The van der Waals surface area contributed by atoms with Gasteiger partial charge in [0.05, 0.1) is 17.9 Å². The van der Waals surface area contributed by atoms with E-state index in [0.29, 0.717) is 37.4 Å². The Morgan fingerprint density at radius 2 is 1.88 bits per heavy atom. The van der Waals surface area contributed by atoms with Crippen molar-refractivity contribution in [3.8, 4) is 11.6 Å². The van der Waals surface area contributed by atoms with Gasteiger partial charge in [0.1, 0.15) is 5.75 Å². The van der Waals surface area contributed by atoms with Crippen molar-refractivity contribution in [3.63, 3.8) is 0 Å². The molecule has 1 aromatic carbocycles. The van der Waals surface area contributed by atoms with Gasteiger partial charge in [-0.1, -0.05) is 31.5 Å². The highest BCUT2D eigenvalue weighted by Gasteiger charge is 2.30. The number of halogens is 3. The van der Waals surface area contributed by atoms with Crippen LogP contribution in [0.3, 0.4) is 0 Å². The molecule has 0 spiro atoms. The normalized spacial score (nSPS) is 11.5. The van der Waals surface area contributed by atoms with Crippen LogP contribution in [0.4, 0.5) is 13.2 Å². The number of pyridine rings is 1. The van der Waals surface area contributed by atoms with Crippen molar-refractivity contribution in [1.29, 1.82) is 0 Å². The maximum Gasteiger partial charge on any atom is 0.417 e. The number of ether oxygens (including phenoxy) is 1. The molecule has 0 aliphatic heterocycles. The second-order valence-corrected chi connectivity index (χ2v) is 7.65. The van der Waals surface area contributed by atoms with Crippen LogP contribution in [0.15, 0.2) is 48.8 Å². The van der Waals surface area contributed by atoms with E-state index < -0.39 is 17.7 Å². The lowest BCUT2D eigenvalue weighted by molar-refractivity contribution is -0.138. The molecule has 3 rings (SSSR count). The summed E-state index contributed by atoms with van der Waals surface area (Å²) in [5.74, 6) is 0.153. The summed E-state index contributed by atoms with van der Waals surface area (Å²) in [6.07, 6.45) is 1.66. The quantitative estimate of drug-likeness (QED) is 0.394. The van der Waals surface area contributed by atoms with Gasteiger partial charge >= 0.3 is 12.1 Å². The number of aryl methyl sites for hydroxylation is 3. The molecule has 0 fully saturated rings. The summed E-state index contributed by atoms with van der Waals surface area (Å²) < 4.78 is 45.8. The van der Waals surface area contributed by atoms with Gasteiger partial charge in [-0.05, 0) is 55.0 Å². The van der Waals surface area contributed by atoms with Crippen molar-refractivity contribution >= 4 is 5.97 Å². The smallest absolute Gasteiger partial charge is 0.417 e. The Bertz CT molecular complexity index is 1060. The molecule has 0 aliphatic carbocycles. The first-order valence-electron chi connectivity index (χ1n) is 10.8. The van der Waals surface area contributed by atoms with E-state index in [1.165, 1.54) is 10.7 Å². The fourth-order valence-corrected chi connectivity index (χ4v) is 3.45. The fraction of sp³-hybridized carbons (Fsp3) is 0.375. The lowest BCUT2D eigenvalue weighted by Crippen LogP contribution is -2.07. The largest absolute Gasteiger partial charge is 0.493 e. The highest BCUT2D eigenvalue weighted by Crippen LogP contribution is 2.29. The number of benzene rings is 1. The van der Waals surface area contributed by atoms with Gasteiger partial charge in [0, 0.05) is 18.8 Å². The number of hydrogen-bond donors (Lipinski definition) is 1. The molecule has 0 atom stereocenters. The summed E-state index contributed by atoms with van der Waals surface area (Å²) >= 11 is 0. The van der Waals surface area contributed by atoms with Crippen molar-refractivity contribution in [2.24, 2.45) is 0 Å². The molecular weight excluding hydrogens is 435 g/mol. The maximum absolute atomic E-state index is 12.8. The van der Waals surface area contributed by atoms with Gasteiger partial charge < -0.3 is 9.84 Å². The van der Waals surface area contributed by atoms with Crippen LogP contribution >= 0.6 is 0 Å². The molecule has 0 radical (unpaired) electrons. The molecule has 0 unspecified atom stereocenters. The Labute approximate surface area is 190 Å². The minimum absolute atomic E-state index is 0.0396. The molecule has 33 heavy (non-hydrogen) atoms. The van der Waals surface area contributed by atoms with E-state index in [1.807, 2.05) is 31.2 Å². The number of aliphatic carboxylic acids is 1. The zero-order valence-corrected chi connectivity index (χ0v) is 18.3. The van der Waals surface area contributed by atoms with Gasteiger partial charge in [0.2, 0.25) is 0 Å². The first-order valence-corrected chi connectivity index (χ1v) is 10.8. The Morgan fingerprint density at radius 1 is 1.09 bits per heavy atom. The number of aromatic nitrogens is 3. The first-order chi connectivity index (χ1) is 15.8. The minimum Gasteiger partial charge on any atom is -0.493 e. The Kier molecular flexibility index (Phi) is 8.08. The minimum atomic E-state index is -4.43. The lowest BCUT2D eigenvalue weighted by Gasteiger charge is -2.11. The highest BCUT2D eigenvalue weighted by molar-refractivity contribution is 5.67. The Balaban J connectivity index is 1.63. The zero-order chi connectivity index (χ0) is 23.8. The van der Waals surface area contributed by atoms with Gasteiger partial charge in [-0.2, -0.15) is 18.3 Å². The number of alkyl halides is 3. The molecule has 9 heteroatoms. The summed E-state index contributed by atoms with van der Waals surface area (Å²) in [7, 11) is 0. The van der Waals surface area contributed by atoms with Gasteiger partial charge in [0.25, 0.3) is 0 Å². The van der Waals surface area contributed by atoms with E-state index in [2.05, 4.69) is 10.1 Å². The third-order valence-electron chi connectivity index (χ3n) is 5.10. The predicted octanol–water partition coefficient (Wildman–Crippen LogP) is 5.27. The number of carboxylic acids is 1. The topological polar surface area (TPSA) is 77.2 Å². The van der Waals surface area contributed by atoms with Crippen molar-refractivity contribution in [2.45, 2.75) is 51.6 Å². The van der Waals surface area contributed by atoms with Gasteiger partial charge in [-0.3, -0.25) is 4.79 Å². The van der Waals surface area contributed by atoms with Crippen LogP contribution in [0.5, 0.6) is 5.75 Å². The second-order valence-electron chi connectivity index (χ2n) is 7.65. The van der Waals surface area contributed by atoms with Gasteiger partial charge in [-0.25, -0.2) is 9.67 Å². The van der Waals surface area contributed by atoms with Crippen molar-refractivity contribution in [2.75, 3.05) is 6.61 Å². The van der Waals surface area contributed by atoms with E-state index in [1.54, 1.807) is 6.20 Å². The summed E-state index contributed by atoms with van der Waals surface area (Å²) in [5.41, 5.74) is 1.95. The fourth-order valence-electron chi connectivity index (χ4n) is 3.45. The average molecular weight is 461 g/mol. The van der Waals surface area contributed by atoms with Crippen LogP contribution in [0.2, 0.25) is 0 Å². The van der Waals surface area contributed by atoms with Crippen LogP contribution in [0.1, 0.15) is 48.6 Å². The van der Waals surface area contributed by atoms with E-state index in [0.717, 1.165) is 41.9 Å². The molecule has 0 aliphatic rings. The van der Waals surface area contributed by atoms with E-state index >= 15 is 0 Å². The molecule has 176 valence electrons. The molecule has 0 saturated heterocycles. The van der Waals surface area contributed by atoms with E-state index in [4.69, 9.17) is 9.84 Å². The molecule has 3 aromatic rings. The number of para-hydroxylation sites is 1. The van der Waals surface area contributed by atoms with Crippen LogP contribution in [-0.4, -0.2) is 32.4 Å². The van der Waals surface area contributed by atoms with E-state index in [-0.39, 0.29) is 6.42 Å². The number of rotatable bonds is 11. The monoisotopic (exact) mass is 461 g/mol. The predicted molar refractivity (Wildman–Crippen MR) is 117 cm³/mol. The average Bonchev–Trinajstić information content (AvgIpc) is 3.18. The zero-order valence-electron chi connectivity index (χ0n) is 18.3. The first kappa shape index (κ1) is 24.3. The Morgan fingerprint density at radius 3 is 2.55 bits per heavy atom. The number of hydrogen-bond acceptors (Lipinski definition) is 4. The number of nitrogens with zero attached hydrogens (tertiary/aromatic N) is 3. The van der Waals surface area contributed by atoms with Crippen LogP contribution in [-0.2, 0) is 30.2 Å². The van der Waals surface area contributed by atoms with E-state index in [9.17, 15) is 18.0 Å². The third-order valence-corrected chi connectivity index (χ3v) is 5.10. The third kappa shape index (κ3) is 6.81. The summed E-state index contributed by atoms with van der Waals surface area (Å²) in [5, 5.41) is 13.4. The highest BCUT2D eigenvalue weighted by atomic mass is 19.4. The summed E-state index contributed by atoms with van der Waals surface area (Å²) in [6, 6.07) is 9.70. The van der Waals surface area contributed by atoms with Crippen LogP contribution in [0, 0.1) is 0 Å². The molecule has 0 bridgehead atoms. The number of carboxylic acid groups (broad SMARTS) is 1. The molecule has 2 heterocycles. The summed E-state index contributed by atoms with van der Waals surface area (Å²) in [6.45, 7) is 2.48. The molecule has 0 amide bonds. The SMILES string of the molecule is CCCc1nn(-c2ccc(C(F)(F)F)cn2)cc1CCCOc1ccccc1CCC(=O)O. The number of carbonyl (C=O) groups is 1. The van der Waals surface area contributed by atoms with Crippen LogP contribution < -0.4 is 4.74 Å². The molecule has 6 nitrogen and oxygen atoms in total. The lowest BCUT2D eigenvalue weighted by atomic mass is 10.1. The Hall–Kier alpha value is -3.36. The molecule has 0 saturated carbocycles.